The number of rotatable bonds is 7. The number of carbonyl (C=O) groups is 2. The minimum Gasteiger partial charge on any atom is -0.497 e. The van der Waals surface area contributed by atoms with Crippen LogP contribution in [0.3, 0.4) is 0 Å². The number of nitrogens with one attached hydrogen (secondary N) is 2. The quantitative estimate of drug-likeness (QED) is 0.457. The molecule has 1 heterocycles. The van der Waals surface area contributed by atoms with Crippen LogP contribution < -0.4 is 15.5 Å². The van der Waals surface area contributed by atoms with Crippen LogP contribution in [0, 0.1) is 0 Å². The van der Waals surface area contributed by atoms with Gasteiger partial charge in [-0.05, 0) is 42.8 Å². The van der Waals surface area contributed by atoms with Crippen molar-refractivity contribution in [2.75, 3.05) is 13.7 Å². The average molecular weight is 341 g/mol. The summed E-state index contributed by atoms with van der Waals surface area (Å²) in [7, 11) is 1.59. The van der Waals surface area contributed by atoms with Crippen molar-refractivity contribution < 1.29 is 18.7 Å². The minimum absolute atomic E-state index is 0.180. The molecule has 0 radical (unpaired) electrons. The standard InChI is InChI=1S/C18H19N3O4/c1-13(16-4-3-11-25-16)20-21-18(23)12-19-17(22)10-7-14-5-8-15(24-2)9-6-14/h3-11H,12H2,1-2H3,(H,19,22)(H,21,23)/b10-7+,20-13+. The maximum absolute atomic E-state index is 11.7. The molecule has 0 aliphatic carbocycles. The zero-order chi connectivity index (χ0) is 18.1. The van der Waals surface area contributed by atoms with E-state index in [1.807, 2.05) is 12.1 Å². The molecular formula is C18H19N3O4. The maximum Gasteiger partial charge on any atom is 0.259 e. The van der Waals surface area contributed by atoms with Crippen molar-refractivity contribution in [1.29, 1.82) is 0 Å². The summed E-state index contributed by atoms with van der Waals surface area (Å²) in [6, 6.07) is 10.7. The summed E-state index contributed by atoms with van der Waals surface area (Å²) in [4.78, 5) is 23.4. The van der Waals surface area contributed by atoms with Crippen molar-refractivity contribution in [3.05, 3.63) is 60.1 Å². The summed E-state index contributed by atoms with van der Waals surface area (Å²) in [5, 5.41) is 6.38. The summed E-state index contributed by atoms with van der Waals surface area (Å²) < 4.78 is 10.2. The Bertz CT molecular complexity index is 762. The van der Waals surface area contributed by atoms with Crippen LogP contribution in [0.15, 0.2) is 58.3 Å². The van der Waals surface area contributed by atoms with Gasteiger partial charge in [-0.15, -0.1) is 0 Å². The van der Waals surface area contributed by atoms with E-state index >= 15 is 0 Å². The second-order valence-electron chi connectivity index (χ2n) is 5.03. The van der Waals surface area contributed by atoms with E-state index in [0.29, 0.717) is 11.5 Å². The molecule has 0 bridgehead atoms. The van der Waals surface area contributed by atoms with Gasteiger partial charge in [0.2, 0.25) is 5.91 Å². The van der Waals surface area contributed by atoms with E-state index in [2.05, 4.69) is 15.8 Å². The largest absolute Gasteiger partial charge is 0.497 e. The van der Waals surface area contributed by atoms with Crippen LogP contribution in [0.5, 0.6) is 5.75 Å². The number of methoxy groups -OCH3 is 1. The van der Waals surface area contributed by atoms with Gasteiger partial charge in [-0.1, -0.05) is 12.1 Å². The fraction of sp³-hybridized carbons (Fsp3) is 0.167. The third-order valence-corrected chi connectivity index (χ3v) is 3.19. The molecule has 0 fully saturated rings. The predicted molar refractivity (Wildman–Crippen MR) is 94.1 cm³/mol. The normalized spacial score (nSPS) is 11.4. The lowest BCUT2D eigenvalue weighted by Crippen LogP contribution is -2.34. The van der Waals surface area contributed by atoms with E-state index in [9.17, 15) is 9.59 Å². The molecule has 2 rings (SSSR count). The SMILES string of the molecule is COc1ccc(/C=C/C(=O)NCC(=O)N/N=C(\C)c2ccco2)cc1. The molecule has 2 amide bonds. The van der Waals surface area contributed by atoms with Crippen LogP contribution in [0.2, 0.25) is 0 Å². The van der Waals surface area contributed by atoms with E-state index in [1.165, 1.54) is 12.3 Å². The molecule has 0 saturated carbocycles. The number of hydrogen-bond donors (Lipinski definition) is 2. The number of ether oxygens (including phenoxy) is 1. The second kappa shape index (κ2) is 9.07. The molecule has 0 unspecified atom stereocenters. The van der Waals surface area contributed by atoms with Gasteiger partial charge in [-0.25, -0.2) is 5.43 Å². The van der Waals surface area contributed by atoms with Crippen molar-refractivity contribution in [3.8, 4) is 5.75 Å². The molecule has 0 atom stereocenters. The monoisotopic (exact) mass is 341 g/mol. The fourth-order valence-corrected chi connectivity index (χ4v) is 1.84. The molecule has 0 saturated heterocycles. The van der Waals surface area contributed by atoms with Gasteiger partial charge in [0, 0.05) is 6.08 Å². The molecule has 1 aromatic heterocycles. The zero-order valence-electron chi connectivity index (χ0n) is 14.0. The van der Waals surface area contributed by atoms with Gasteiger partial charge in [-0.3, -0.25) is 9.59 Å². The lowest BCUT2D eigenvalue weighted by atomic mass is 10.2. The Kier molecular flexibility index (Phi) is 6.53. The van der Waals surface area contributed by atoms with E-state index < -0.39 is 5.91 Å². The third kappa shape index (κ3) is 5.98. The van der Waals surface area contributed by atoms with E-state index in [4.69, 9.17) is 9.15 Å². The summed E-state index contributed by atoms with van der Waals surface area (Å²) in [5.74, 6) is 0.491. The van der Waals surface area contributed by atoms with Crippen molar-refractivity contribution in [2.24, 2.45) is 5.10 Å². The Balaban J connectivity index is 1.76. The number of hydrogen-bond acceptors (Lipinski definition) is 5. The Hall–Kier alpha value is -3.35. The van der Waals surface area contributed by atoms with Crippen LogP contribution >= 0.6 is 0 Å². The Morgan fingerprint density at radius 3 is 2.64 bits per heavy atom. The lowest BCUT2D eigenvalue weighted by molar-refractivity contribution is -0.123. The Morgan fingerprint density at radius 1 is 1.24 bits per heavy atom. The summed E-state index contributed by atoms with van der Waals surface area (Å²) >= 11 is 0. The van der Waals surface area contributed by atoms with Crippen LogP contribution in [0.25, 0.3) is 6.08 Å². The highest BCUT2D eigenvalue weighted by atomic mass is 16.5. The van der Waals surface area contributed by atoms with Crippen LogP contribution in [0.1, 0.15) is 18.2 Å². The number of benzene rings is 1. The highest BCUT2D eigenvalue weighted by Crippen LogP contribution is 2.12. The van der Waals surface area contributed by atoms with E-state index in [1.54, 1.807) is 44.4 Å². The molecule has 25 heavy (non-hydrogen) atoms. The summed E-state index contributed by atoms with van der Waals surface area (Å²) in [6.07, 6.45) is 4.52. The number of hydrazone groups is 1. The van der Waals surface area contributed by atoms with Gasteiger partial charge in [-0.2, -0.15) is 5.10 Å². The Morgan fingerprint density at radius 2 is 2.00 bits per heavy atom. The van der Waals surface area contributed by atoms with Gasteiger partial charge in [0.15, 0.2) is 0 Å². The number of furan rings is 1. The van der Waals surface area contributed by atoms with Crippen LogP contribution in [0.4, 0.5) is 0 Å². The Labute approximate surface area is 145 Å². The zero-order valence-corrected chi connectivity index (χ0v) is 14.0. The van der Waals surface area contributed by atoms with Gasteiger partial charge in [0.1, 0.15) is 17.2 Å². The highest BCUT2D eigenvalue weighted by Gasteiger charge is 2.04. The fourth-order valence-electron chi connectivity index (χ4n) is 1.84. The number of nitrogens with zero attached hydrogens (tertiary/aromatic N) is 1. The maximum atomic E-state index is 11.7. The molecule has 7 heteroatoms. The lowest BCUT2D eigenvalue weighted by Gasteiger charge is -2.02. The predicted octanol–water partition coefficient (Wildman–Crippen LogP) is 1.96. The van der Waals surface area contributed by atoms with Gasteiger partial charge in [0.05, 0.1) is 19.9 Å². The molecule has 0 spiro atoms. The number of carbonyl (C=O) groups excluding carboxylic acids is 2. The van der Waals surface area contributed by atoms with Crippen LogP contribution in [-0.4, -0.2) is 31.2 Å². The van der Waals surface area contributed by atoms with Crippen molar-refractivity contribution in [3.63, 3.8) is 0 Å². The summed E-state index contributed by atoms with van der Waals surface area (Å²) in [6.45, 7) is 1.52. The van der Waals surface area contributed by atoms with Gasteiger partial charge >= 0.3 is 0 Å². The summed E-state index contributed by atoms with van der Waals surface area (Å²) in [5.41, 5.74) is 3.73. The second-order valence-corrected chi connectivity index (χ2v) is 5.03. The molecular weight excluding hydrogens is 322 g/mol. The first-order valence-electron chi connectivity index (χ1n) is 7.55. The first-order chi connectivity index (χ1) is 12.1. The first-order valence-corrected chi connectivity index (χ1v) is 7.55. The van der Waals surface area contributed by atoms with E-state index in [0.717, 1.165) is 11.3 Å². The molecule has 0 aliphatic rings. The molecule has 1 aromatic carbocycles. The topological polar surface area (TPSA) is 92.9 Å². The first kappa shape index (κ1) is 18.0. The molecule has 130 valence electrons. The average Bonchev–Trinajstić information content (AvgIpc) is 3.18. The minimum atomic E-state index is -0.433. The van der Waals surface area contributed by atoms with Gasteiger partial charge < -0.3 is 14.5 Å². The van der Waals surface area contributed by atoms with Crippen molar-refractivity contribution in [2.45, 2.75) is 6.92 Å². The van der Waals surface area contributed by atoms with Crippen molar-refractivity contribution >= 4 is 23.6 Å². The highest BCUT2D eigenvalue weighted by molar-refractivity contribution is 5.97. The number of amides is 2. The molecule has 2 N–H and O–H groups in total. The molecule has 7 nitrogen and oxygen atoms in total. The van der Waals surface area contributed by atoms with Crippen molar-refractivity contribution in [1.82, 2.24) is 10.7 Å². The smallest absolute Gasteiger partial charge is 0.259 e. The third-order valence-electron chi connectivity index (χ3n) is 3.19. The molecule has 0 aliphatic heterocycles. The van der Waals surface area contributed by atoms with Crippen LogP contribution in [-0.2, 0) is 9.59 Å². The van der Waals surface area contributed by atoms with Gasteiger partial charge in [0.25, 0.3) is 5.91 Å². The van der Waals surface area contributed by atoms with E-state index in [-0.39, 0.29) is 12.5 Å². The molecule has 2 aromatic rings.